The van der Waals surface area contributed by atoms with Crippen LogP contribution in [0.15, 0.2) is 0 Å². The van der Waals surface area contributed by atoms with Gasteiger partial charge in [-0.2, -0.15) is 12.7 Å². The zero-order valence-corrected chi connectivity index (χ0v) is 8.36. The summed E-state index contributed by atoms with van der Waals surface area (Å²) < 4.78 is 23.3. The summed E-state index contributed by atoms with van der Waals surface area (Å²) in [6.45, 7) is 1.27. The monoisotopic (exact) mass is 209 g/mol. The first-order valence-corrected chi connectivity index (χ1v) is 6.48. The quantitative estimate of drug-likeness (QED) is 0.612. The Kier molecular flexibility index (Phi) is 1.90. The number of halogens is 1. The minimum atomic E-state index is -3.44. The van der Waals surface area contributed by atoms with Gasteiger partial charge in [0.15, 0.2) is 0 Å². The summed E-state index contributed by atoms with van der Waals surface area (Å²) >= 11 is 0. The second kappa shape index (κ2) is 2.59. The molecule has 1 heterocycles. The van der Waals surface area contributed by atoms with Crippen LogP contribution in [0.5, 0.6) is 0 Å². The predicted molar refractivity (Wildman–Crippen MR) is 47.2 cm³/mol. The van der Waals surface area contributed by atoms with Gasteiger partial charge in [-0.3, -0.25) is 0 Å². The molecular formula is C7H12ClNO2S. The van der Waals surface area contributed by atoms with Crippen molar-refractivity contribution in [1.29, 1.82) is 0 Å². The molecule has 2 fully saturated rings. The highest BCUT2D eigenvalue weighted by Gasteiger charge is 2.45. The average Bonchev–Trinajstić information content (AvgIpc) is 2.26. The van der Waals surface area contributed by atoms with Gasteiger partial charge in [0, 0.05) is 23.8 Å². The molecule has 1 aliphatic heterocycles. The maximum atomic E-state index is 11.0. The molecule has 0 radical (unpaired) electrons. The topological polar surface area (TPSA) is 37.4 Å². The van der Waals surface area contributed by atoms with E-state index in [-0.39, 0.29) is 0 Å². The first-order chi connectivity index (χ1) is 5.52. The zero-order chi connectivity index (χ0) is 8.82. The van der Waals surface area contributed by atoms with Crippen molar-refractivity contribution in [3.8, 4) is 0 Å². The van der Waals surface area contributed by atoms with Crippen LogP contribution in [0.3, 0.4) is 0 Å². The lowest BCUT2D eigenvalue weighted by molar-refractivity contribution is 0.154. The third-order valence-corrected chi connectivity index (χ3v) is 4.64. The molecule has 12 heavy (non-hydrogen) atoms. The molecule has 3 nitrogen and oxygen atoms in total. The van der Waals surface area contributed by atoms with Crippen LogP contribution in [0.25, 0.3) is 0 Å². The Bertz CT molecular complexity index is 284. The summed E-state index contributed by atoms with van der Waals surface area (Å²) in [6, 6.07) is 0. The Hall–Kier alpha value is 0.200. The van der Waals surface area contributed by atoms with Crippen molar-refractivity contribution in [2.24, 2.45) is 5.41 Å². The van der Waals surface area contributed by atoms with Gasteiger partial charge >= 0.3 is 0 Å². The molecule has 0 aromatic rings. The molecule has 1 saturated carbocycles. The third-order valence-electron chi connectivity index (χ3n) is 3.13. The zero-order valence-electron chi connectivity index (χ0n) is 6.79. The van der Waals surface area contributed by atoms with E-state index in [4.69, 9.17) is 10.7 Å². The molecule has 2 aliphatic rings. The summed E-state index contributed by atoms with van der Waals surface area (Å²) in [5.41, 5.74) is 0.307. The Morgan fingerprint density at radius 1 is 1.25 bits per heavy atom. The van der Waals surface area contributed by atoms with Gasteiger partial charge in [-0.05, 0) is 24.7 Å². The minimum Gasteiger partial charge on any atom is -0.195 e. The van der Waals surface area contributed by atoms with Crippen LogP contribution in [0.4, 0.5) is 0 Å². The lowest BCUT2D eigenvalue weighted by Gasteiger charge is -2.37. The van der Waals surface area contributed by atoms with E-state index in [1.54, 1.807) is 0 Å². The fourth-order valence-corrected chi connectivity index (χ4v) is 3.26. The van der Waals surface area contributed by atoms with Gasteiger partial charge in [-0.25, -0.2) is 0 Å². The van der Waals surface area contributed by atoms with Crippen molar-refractivity contribution in [3.63, 3.8) is 0 Å². The lowest BCUT2D eigenvalue weighted by Crippen LogP contribution is -2.34. The second-order valence-corrected chi connectivity index (χ2v) is 6.39. The molecule has 0 unspecified atom stereocenters. The molecule has 0 aromatic carbocycles. The molecule has 70 valence electrons. The molecule has 0 amide bonds. The van der Waals surface area contributed by atoms with Gasteiger partial charge in [-0.15, -0.1) is 0 Å². The van der Waals surface area contributed by atoms with Crippen molar-refractivity contribution in [1.82, 2.24) is 4.31 Å². The highest BCUT2D eigenvalue weighted by molar-refractivity contribution is 8.11. The average molecular weight is 210 g/mol. The van der Waals surface area contributed by atoms with Crippen molar-refractivity contribution in [2.75, 3.05) is 13.1 Å². The minimum absolute atomic E-state index is 0.307. The van der Waals surface area contributed by atoms with Gasteiger partial charge in [-0.1, -0.05) is 6.42 Å². The van der Waals surface area contributed by atoms with E-state index in [9.17, 15) is 8.42 Å². The van der Waals surface area contributed by atoms with Crippen LogP contribution in [0.1, 0.15) is 25.7 Å². The van der Waals surface area contributed by atoms with Gasteiger partial charge in [0.2, 0.25) is 0 Å². The summed E-state index contributed by atoms with van der Waals surface area (Å²) in [4.78, 5) is 0. The predicted octanol–water partition coefficient (Wildman–Crippen LogP) is 1.35. The van der Waals surface area contributed by atoms with Crippen molar-refractivity contribution in [2.45, 2.75) is 25.7 Å². The normalized spacial score (nSPS) is 29.1. The van der Waals surface area contributed by atoms with Gasteiger partial charge in [0.05, 0.1) is 0 Å². The molecule has 0 bridgehead atoms. The molecule has 1 aliphatic carbocycles. The van der Waals surface area contributed by atoms with E-state index in [1.807, 2.05) is 0 Å². The van der Waals surface area contributed by atoms with E-state index >= 15 is 0 Å². The van der Waals surface area contributed by atoms with Gasteiger partial charge < -0.3 is 0 Å². The standard InChI is InChI=1S/C7H12ClNO2S/c8-12(10,11)9-5-4-7(6-9)2-1-3-7/h1-6H2. The molecule has 2 rings (SSSR count). The Balaban J connectivity index is 2.08. The SMILES string of the molecule is O=S(=O)(Cl)N1CCC2(CCC2)C1. The fraction of sp³-hybridized carbons (Fsp3) is 1.00. The van der Waals surface area contributed by atoms with E-state index < -0.39 is 9.24 Å². The van der Waals surface area contributed by atoms with Crippen molar-refractivity contribution >= 4 is 19.9 Å². The maximum Gasteiger partial charge on any atom is 0.299 e. The Morgan fingerprint density at radius 3 is 2.17 bits per heavy atom. The lowest BCUT2D eigenvalue weighted by atomic mass is 9.68. The molecule has 0 aromatic heterocycles. The van der Waals surface area contributed by atoms with E-state index in [1.165, 1.54) is 23.6 Å². The van der Waals surface area contributed by atoms with E-state index in [0.29, 0.717) is 18.5 Å². The second-order valence-electron chi connectivity index (χ2n) is 3.88. The van der Waals surface area contributed by atoms with Gasteiger partial charge in [0.25, 0.3) is 9.24 Å². The third kappa shape index (κ3) is 1.36. The summed E-state index contributed by atoms with van der Waals surface area (Å²) in [6.07, 6.45) is 4.60. The first kappa shape index (κ1) is 8.78. The fourth-order valence-electron chi connectivity index (χ4n) is 2.17. The molecule has 5 heteroatoms. The Labute approximate surface area is 77.2 Å². The van der Waals surface area contributed by atoms with Crippen LogP contribution in [-0.4, -0.2) is 25.8 Å². The largest absolute Gasteiger partial charge is 0.299 e. The highest BCUT2D eigenvalue weighted by Crippen LogP contribution is 2.48. The molecule has 1 spiro atoms. The van der Waals surface area contributed by atoms with Crippen LogP contribution >= 0.6 is 10.7 Å². The van der Waals surface area contributed by atoms with E-state index in [2.05, 4.69) is 0 Å². The molecular weight excluding hydrogens is 198 g/mol. The van der Waals surface area contributed by atoms with Crippen LogP contribution < -0.4 is 0 Å². The summed E-state index contributed by atoms with van der Waals surface area (Å²) in [7, 11) is 1.80. The number of hydrogen-bond acceptors (Lipinski definition) is 2. The maximum absolute atomic E-state index is 11.0. The van der Waals surface area contributed by atoms with Crippen LogP contribution in [0.2, 0.25) is 0 Å². The smallest absolute Gasteiger partial charge is 0.195 e. The molecule has 0 N–H and O–H groups in total. The number of nitrogens with zero attached hydrogens (tertiary/aromatic N) is 1. The first-order valence-electron chi connectivity index (χ1n) is 4.22. The van der Waals surface area contributed by atoms with Crippen LogP contribution in [0, 0.1) is 5.41 Å². The van der Waals surface area contributed by atoms with Crippen LogP contribution in [-0.2, 0) is 9.24 Å². The summed E-state index contributed by atoms with van der Waals surface area (Å²) in [5, 5.41) is 0. The van der Waals surface area contributed by atoms with Crippen molar-refractivity contribution in [3.05, 3.63) is 0 Å². The highest BCUT2D eigenvalue weighted by atomic mass is 35.7. The van der Waals surface area contributed by atoms with E-state index in [0.717, 1.165) is 6.42 Å². The Morgan fingerprint density at radius 2 is 1.92 bits per heavy atom. The van der Waals surface area contributed by atoms with Gasteiger partial charge in [0.1, 0.15) is 0 Å². The number of hydrogen-bond donors (Lipinski definition) is 0. The molecule has 1 saturated heterocycles. The number of rotatable bonds is 1. The summed E-state index contributed by atoms with van der Waals surface area (Å²) in [5.74, 6) is 0. The molecule has 0 atom stereocenters. The van der Waals surface area contributed by atoms with Crippen molar-refractivity contribution < 1.29 is 8.42 Å².